The highest BCUT2D eigenvalue weighted by molar-refractivity contribution is 5.88. The van der Waals surface area contributed by atoms with Crippen molar-refractivity contribution in [2.24, 2.45) is 0 Å². The van der Waals surface area contributed by atoms with E-state index in [9.17, 15) is 14.9 Å². The first-order valence-electron chi connectivity index (χ1n) is 4.30. The summed E-state index contributed by atoms with van der Waals surface area (Å²) in [7, 11) is 0. The summed E-state index contributed by atoms with van der Waals surface area (Å²) in [5.74, 6) is -0.474. The van der Waals surface area contributed by atoms with Gasteiger partial charge >= 0.3 is 5.97 Å². The van der Waals surface area contributed by atoms with Crippen LogP contribution < -0.4 is 0 Å². The molecule has 15 heavy (non-hydrogen) atoms. The van der Waals surface area contributed by atoms with Crippen LogP contribution in [0.2, 0.25) is 0 Å². The highest BCUT2D eigenvalue weighted by Crippen LogP contribution is 2.06. The van der Waals surface area contributed by atoms with E-state index in [1.807, 2.05) is 0 Å². The zero-order valence-electron chi connectivity index (χ0n) is 8.10. The molecule has 0 atom stereocenters. The summed E-state index contributed by atoms with van der Waals surface area (Å²) in [6.45, 7) is 1.99. The molecule has 0 aliphatic heterocycles. The quantitative estimate of drug-likeness (QED) is 0.463. The van der Waals surface area contributed by atoms with Crippen LogP contribution in [0.25, 0.3) is 6.08 Å². The minimum atomic E-state index is -0.572. The smallest absolute Gasteiger partial charge is 0.354 e. The Kier molecular flexibility index (Phi) is 3.61. The number of nitrogens with one attached hydrogen (secondary N) is 1. The van der Waals surface area contributed by atoms with Gasteiger partial charge < -0.3 is 9.72 Å². The molecule has 0 amide bonds. The Balaban J connectivity index is 2.72. The number of rotatable bonds is 4. The van der Waals surface area contributed by atoms with E-state index < -0.39 is 10.9 Å². The van der Waals surface area contributed by atoms with Crippen LogP contribution in [0.3, 0.4) is 0 Å². The average molecular weight is 210 g/mol. The number of esters is 1. The Morgan fingerprint density at radius 2 is 2.47 bits per heavy atom. The molecule has 1 rings (SSSR count). The molecule has 0 saturated carbocycles. The number of hydrogen-bond donors (Lipinski definition) is 1. The molecule has 1 aromatic heterocycles. The summed E-state index contributed by atoms with van der Waals surface area (Å²) in [6, 6.07) is 1.48. The Morgan fingerprint density at radius 1 is 1.73 bits per heavy atom. The Morgan fingerprint density at radius 3 is 3.07 bits per heavy atom. The fraction of sp³-hybridized carbons (Fsp3) is 0.222. The Labute approximate surface area is 85.7 Å². The molecule has 6 nitrogen and oxygen atoms in total. The number of nitrogens with zero attached hydrogens (tertiary/aromatic N) is 1. The monoisotopic (exact) mass is 210 g/mol. The van der Waals surface area contributed by atoms with Gasteiger partial charge in [0.25, 0.3) is 0 Å². The maximum absolute atomic E-state index is 11.2. The number of hydrogen-bond acceptors (Lipinski definition) is 4. The minimum absolute atomic E-state index is 0.278. The molecule has 0 unspecified atom stereocenters. The SMILES string of the molecule is CCOC(=O)c1cc(/C=C/[N+](=O)[O-])c[nH]1. The standard InChI is InChI=1S/C9H10N2O4/c1-2-15-9(12)8-5-7(6-10-8)3-4-11(13)14/h3-6,10H,2H2,1H3/b4-3+. The van der Waals surface area contributed by atoms with Crippen molar-refractivity contribution >= 4 is 12.0 Å². The second-order valence-electron chi connectivity index (χ2n) is 2.67. The predicted molar refractivity (Wildman–Crippen MR) is 52.8 cm³/mol. The fourth-order valence-electron chi connectivity index (χ4n) is 0.981. The first kappa shape index (κ1) is 11.0. The van der Waals surface area contributed by atoms with Gasteiger partial charge in [-0.15, -0.1) is 0 Å². The summed E-state index contributed by atoms with van der Waals surface area (Å²) in [4.78, 5) is 23.3. The van der Waals surface area contributed by atoms with Gasteiger partial charge in [0.1, 0.15) is 5.69 Å². The number of aromatic nitrogens is 1. The molecule has 6 heteroatoms. The maximum Gasteiger partial charge on any atom is 0.354 e. The lowest BCUT2D eigenvalue weighted by Crippen LogP contribution is -2.04. The first-order valence-corrected chi connectivity index (χ1v) is 4.30. The fourth-order valence-corrected chi connectivity index (χ4v) is 0.981. The van der Waals surface area contributed by atoms with E-state index in [0.717, 1.165) is 6.20 Å². The van der Waals surface area contributed by atoms with E-state index in [1.54, 1.807) is 6.92 Å². The second-order valence-corrected chi connectivity index (χ2v) is 2.67. The van der Waals surface area contributed by atoms with Crippen molar-refractivity contribution in [2.45, 2.75) is 6.92 Å². The molecule has 0 aliphatic rings. The normalized spacial score (nSPS) is 10.5. The lowest BCUT2D eigenvalue weighted by molar-refractivity contribution is -0.400. The van der Waals surface area contributed by atoms with Crippen molar-refractivity contribution in [2.75, 3.05) is 6.61 Å². The number of carbonyl (C=O) groups excluding carboxylic acids is 1. The Hall–Kier alpha value is -2.11. The van der Waals surface area contributed by atoms with E-state index in [0.29, 0.717) is 5.56 Å². The highest BCUT2D eigenvalue weighted by Gasteiger charge is 2.07. The van der Waals surface area contributed by atoms with Crippen molar-refractivity contribution in [1.29, 1.82) is 0 Å². The van der Waals surface area contributed by atoms with Gasteiger partial charge in [0.05, 0.1) is 11.5 Å². The number of nitro groups is 1. The van der Waals surface area contributed by atoms with Crippen molar-refractivity contribution in [3.63, 3.8) is 0 Å². The third-order valence-corrected chi connectivity index (χ3v) is 1.59. The number of ether oxygens (including phenoxy) is 1. The van der Waals surface area contributed by atoms with Crippen LogP contribution in [0.1, 0.15) is 23.0 Å². The molecule has 1 heterocycles. The minimum Gasteiger partial charge on any atom is -0.461 e. The third-order valence-electron chi connectivity index (χ3n) is 1.59. The summed E-state index contributed by atoms with van der Waals surface area (Å²) in [6.07, 6.45) is 3.59. The molecule has 0 bridgehead atoms. The second kappa shape index (κ2) is 4.94. The van der Waals surface area contributed by atoms with E-state index in [2.05, 4.69) is 4.98 Å². The van der Waals surface area contributed by atoms with Gasteiger partial charge in [0.2, 0.25) is 6.20 Å². The molecule has 0 aliphatic carbocycles. The van der Waals surface area contributed by atoms with Crippen LogP contribution >= 0.6 is 0 Å². The predicted octanol–water partition coefficient (Wildman–Crippen LogP) is 1.44. The lowest BCUT2D eigenvalue weighted by atomic mass is 10.3. The van der Waals surface area contributed by atoms with Crippen LogP contribution in [0.5, 0.6) is 0 Å². The number of aromatic amines is 1. The van der Waals surface area contributed by atoms with E-state index in [4.69, 9.17) is 4.74 Å². The van der Waals surface area contributed by atoms with Crippen molar-refractivity contribution < 1.29 is 14.5 Å². The summed E-state index contributed by atoms with van der Waals surface area (Å²) >= 11 is 0. The van der Waals surface area contributed by atoms with Crippen LogP contribution in [-0.2, 0) is 4.74 Å². The third kappa shape index (κ3) is 3.26. The summed E-state index contributed by atoms with van der Waals surface area (Å²) in [5.41, 5.74) is 0.828. The van der Waals surface area contributed by atoms with Crippen LogP contribution in [0, 0.1) is 10.1 Å². The largest absolute Gasteiger partial charge is 0.461 e. The van der Waals surface area contributed by atoms with Gasteiger partial charge in [-0.25, -0.2) is 4.79 Å². The molecular weight excluding hydrogens is 200 g/mol. The summed E-state index contributed by atoms with van der Waals surface area (Å²) in [5, 5.41) is 10.0. The number of H-pyrrole nitrogens is 1. The van der Waals surface area contributed by atoms with E-state index >= 15 is 0 Å². The lowest BCUT2D eigenvalue weighted by Gasteiger charge is -1.96. The number of carbonyl (C=O) groups is 1. The molecule has 80 valence electrons. The van der Waals surface area contributed by atoms with E-state index in [-0.39, 0.29) is 12.3 Å². The van der Waals surface area contributed by atoms with Gasteiger partial charge in [-0.3, -0.25) is 10.1 Å². The molecule has 0 saturated heterocycles. The topological polar surface area (TPSA) is 85.2 Å². The molecule has 0 radical (unpaired) electrons. The van der Waals surface area contributed by atoms with Crippen molar-refractivity contribution in [3.8, 4) is 0 Å². The zero-order chi connectivity index (χ0) is 11.3. The van der Waals surface area contributed by atoms with Gasteiger partial charge in [0.15, 0.2) is 0 Å². The van der Waals surface area contributed by atoms with E-state index in [1.165, 1.54) is 18.3 Å². The first-order chi connectivity index (χ1) is 7.13. The zero-order valence-corrected chi connectivity index (χ0v) is 8.10. The van der Waals surface area contributed by atoms with Crippen molar-refractivity contribution in [1.82, 2.24) is 4.98 Å². The maximum atomic E-state index is 11.2. The highest BCUT2D eigenvalue weighted by atomic mass is 16.6. The molecule has 0 spiro atoms. The van der Waals surface area contributed by atoms with Crippen molar-refractivity contribution in [3.05, 3.63) is 39.8 Å². The summed E-state index contributed by atoms with van der Waals surface area (Å²) < 4.78 is 4.74. The molecular formula is C9H10N2O4. The molecule has 0 fully saturated rings. The average Bonchev–Trinajstić information content (AvgIpc) is 2.63. The Bertz CT molecular complexity index is 395. The molecule has 0 aromatic carbocycles. The molecule has 1 aromatic rings. The van der Waals surface area contributed by atoms with Gasteiger partial charge in [0, 0.05) is 12.3 Å². The van der Waals surface area contributed by atoms with Gasteiger partial charge in [-0.1, -0.05) is 0 Å². The van der Waals surface area contributed by atoms with Crippen LogP contribution in [0.4, 0.5) is 0 Å². The van der Waals surface area contributed by atoms with Crippen LogP contribution in [0.15, 0.2) is 18.5 Å². The molecule has 1 N–H and O–H groups in total. The van der Waals surface area contributed by atoms with Gasteiger partial charge in [-0.2, -0.15) is 0 Å². The van der Waals surface area contributed by atoms with Gasteiger partial charge in [-0.05, 0) is 18.6 Å². The van der Waals surface area contributed by atoms with Crippen LogP contribution in [-0.4, -0.2) is 22.5 Å².